The molecule has 150 valence electrons. The van der Waals surface area contributed by atoms with Gasteiger partial charge in [-0.2, -0.15) is 0 Å². The SMILES string of the molecule is Cc1ccc(S(=O)(=O)[C@H](CC(=O)c2ccc(Cl)cc2)c2ccc(Cl)c(Cl)c2)cc1. The highest BCUT2D eigenvalue weighted by atomic mass is 35.5. The van der Waals surface area contributed by atoms with Gasteiger partial charge in [0.15, 0.2) is 15.6 Å². The van der Waals surface area contributed by atoms with E-state index in [9.17, 15) is 13.2 Å². The fourth-order valence-corrected chi connectivity index (χ4v) is 5.09. The van der Waals surface area contributed by atoms with E-state index in [0.29, 0.717) is 21.2 Å². The quantitative estimate of drug-likeness (QED) is 0.377. The summed E-state index contributed by atoms with van der Waals surface area (Å²) in [6, 6.07) is 17.5. The highest BCUT2D eigenvalue weighted by Gasteiger charge is 2.32. The van der Waals surface area contributed by atoms with Gasteiger partial charge in [0.05, 0.1) is 20.2 Å². The van der Waals surface area contributed by atoms with Gasteiger partial charge in [-0.15, -0.1) is 0 Å². The van der Waals surface area contributed by atoms with Gasteiger partial charge in [0.25, 0.3) is 0 Å². The van der Waals surface area contributed by atoms with Gasteiger partial charge < -0.3 is 0 Å². The highest BCUT2D eigenvalue weighted by molar-refractivity contribution is 7.91. The minimum absolute atomic E-state index is 0.142. The summed E-state index contributed by atoms with van der Waals surface area (Å²) >= 11 is 18.0. The van der Waals surface area contributed by atoms with Crippen LogP contribution in [-0.2, 0) is 9.84 Å². The molecule has 29 heavy (non-hydrogen) atoms. The Morgan fingerprint density at radius 2 is 1.48 bits per heavy atom. The van der Waals surface area contributed by atoms with Gasteiger partial charge in [0, 0.05) is 17.0 Å². The van der Waals surface area contributed by atoms with Crippen LogP contribution in [0.2, 0.25) is 15.1 Å². The molecule has 3 rings (SSSR count). The van der Waals surface area contributed by atoms with Gasteiger partial charge in [0.2, 0.25) is 0 Å². The van der Waals surface area contributed by atoms with Crippen molar-refractivity contribution in [2.75, 3.05) is 0 Å². The number of carbonyl (C=O) groups excluding carboxylic acids is 1. The summed E-state index contributed by atoms with van der Waals surface area (Å²) in [7, 11) is -3.86. The second kappa shape index (κ2) is 8.88. The molecule has 0 aromatic heterocycles. The molecular weight excluding hydrogens is 451 g/mol. The predicted molar refractivity (Wildman–Crippen MR) is 118 cm³/mol. The third kappa shape index (κ3) is 5.01. The molecule has 0 spiro atoms. The monoisotopic (exact) mass is 466 g/mol. The van der Waals surface area contributed by atoms with Crippen molar-refractivity contribution in [3.63, 3.8) is 0 Å². The van der Waals surface area contributed by atoms with Gasteiger partial charge in [-0.05, 0) is 61.0 Å². The number of aryl methyl sites for hydroxylation is 1. The first-order valence-electron chi connectivity index (χ1n) is 8.73. The fraction of sp³-hybridized carbons (Fsp3) is 0.136. The topological polar surface area (TPSA) is 51.2 Å². The molecule has 3 nitrogen and oxygen atoms in total. The maximum Gasteiger partial charge on any atom is 0.185 e. The molecule has 0 fully saturated rings. The molecule has 0 N–H and O–H groups in total. The number of benzene rings is 3. The van der Waals surface area contributed by atoms with E-state index in [4.69, 9.17) is 34.8 Å². The van der Waals surface area contributed by atoms with Gasteiger partial charge >= 0.3 is 0 Å². The first-order chi connectivity index (χ1) is 13.7. The smallest absolute Gasteiger partial charge is 0.185 e. The summed E-state index contributed by atoms with van der Waals surface area (Å²) in [5, 5.41) is -0.0730. The van der Waals surface area contributed by atoms with Crippen LogP contribution in [0.25, 0.3) is 0 Å². The lowest BCUT2D eigenvalue weighted by Gasteiger charge is -2.19. The Balaban J connectivity index is 2.05. The maximum absolute atomic E-state index is 13.4. The summed E-state index contributed by atoms with van der Waals surface area (Å²) in [4.78, 5) is 13.0. The van der Waals surface area contributed by atoms with Crippen molar-refractivity contribution >= 4 is 50.4 Å². The standard InChI is InChI=1S/C22H17Cl3O3S/c1-14-2-9-18(10-3-14)29(27,28)22(16-6-11-19(24)20(25)12-16)13-21(26)15-4-7-17(23)8-5-15/h2-12,22H,13H2,1H3/t22-/m1/s1. The summed E-state index contributed by atoms with van der Waals surface area (Å²) < 4.78 is 26.8. The van der Waals surface area contributed by atoms with Crippen molar-refractivity contribution in [1.29, 1.82) is 0 Å². The maximum atomic E-state index is 13.4. The molecule has 0 heterocycles. The molecule has 0 amide bonds. The average Bonchev–Trinajstić information content (AvgIpc) is 2.69. The number of Topliss-reactive ketones (excluding diaryl/α,β-unsaturated/α-hetero) is 1. The number of rotatable bonds is 6. The Labute approximate surface area is 185 Å². The molecule has 0 saturated carbocycles. The first kappa shape index (κ1) is 21.8. The number of carbonyl (C=O) groups is 1. The Hall–Kier alpha value is -1.85. The summed E-state index contributed by atoms with van der Waals surface area (Å²) in [5.74, 6) is -0.312. The zero-order valence-corrected chi connectivity index (χ0v) is 18.5. The Bertz CT molecular complexity index is 1140. The van der Waals surface area contributed by atoms with E-state index in [1.807, 2.05) is 6.92 Å². The number of ketones is 1. The molecule has 0 radical (unpaired) electrons. The van der Waals surface area contributed by atoms with Crippen LogP contribution in [-0.4, -0.2) is 14.2 Å². The Morgan fingerprint density at radius 1 is 0.862 bits per heavy atom. The number of hydrogen-bond donors (Lipinski definition) is 0. The molecule has 3 aromatic carbocycles. The van der Waals surface area contributed by atoms with Crippen LogP contribution in [0.1, 0.15) is 33.2 Å². The van der Waals surface area contributed by atoms with E-state index in [-0.39, 0.29) is 22.1 Å². The highest BCUT2D eigenvalue weighted by Crippen LogP contribution is 2.36. The number of hydrogen-bond acceptors (Lipinski definition) is 3. The minimum atomic E-state index is -3.86. The second-order valence-electron chi connectivity index (χ2n) is 6.65. The second-order valence-corrected chi connectivity index (χ2v) is 10.0. The molecule has 1 atom stereocenters. The van der Waals surface area contributed by atoms with Crippen LogP contribution >= 0.6 is 34.8 Å². The first-order valence-corrected chi connectivity index (χ1v) is 11.4. The minimum Gasteiger partial charge on any atom is -0.294 e. The van der Waals surface area contributed by atoms with Crippen LogP contribution in [0.15, 0.2) is 71.6 Å². The molecule has 0 saturated heterocycles. The van der Waals surface area contributed by atoms with E-state index in [0.717, 1.165) is 5.56 Å². The summed E-state index contributed by atoms with van der Waals surface area (Å²) in [6.45, 7) is 1.87. The fourth-order valence-electron chi connectivity index (χ4n) is 2.93. The van der Waals surface area contributed by atoms with Crippen molar-refractivity contribution in [3.05, 3.63) is 98.5 Å². The van der Waals surface area contributed by atoms with E-state index >= 15 is 0 Å². The van der Waals surface area contributed by atoms with Gasteiger partial charge in [-0.25, -0.2) is 8.42 Å². The zero-order valence-electron chi connectivity index (χ0n) is 15.4. The number of sulfone groups is 1. The lowest BCUT2D eigenvalue weighted by atomic mass is 10.0. The molecule has 0 aliphatic rings. The Morgan fingerprint density at radius 3 is 2.07 bits per heavy atom. The van der Waals surface area contributed by atoms with Crippen molar-refractivity contribution in [1.82, 2.24) is 0 Å². The van der Waals surface area contributed by atoms with E-state index in [2.05, 4.69) is 0 Å². The largest absolute Gasteiger partial charge is 0.294 e. The number of halogens is 3. The zero-order chi connectivity index (χ0) is 21.2. The van der Waals surface area contributed by atoms with Gasteiger partial charge in [0.1, 0.15) is 0 Å². The van der Waals surface area contributed by atoms with Crippen molar-refractivity contribution in [3.8, 4) is 0 Å². The van der Waals surface area contributed by atoms with Crippen molar-refractivity contribution in [2.45, 2.75) is 23.5 Å². The average molecular weight is 468 g/mol. The molecule has 3 aromatic rings. The predicted octanol–water partition coefficient (Wildman–Crippen LogP) is 6.74. The molecule has 0 aliphatic carbocycles. The molecule has 7 heteroatoms. The molecule has 0 bridgehead atoms. The van der Waals surface area contributed by atoms with Gasteiger partial charge in [-0.3, -0.25) is 4.79 Å². The van der Waals surface area contributed by atoms with E-state index in [1.54, 1.807) is 54.6 Å². The summed E-state index contributed by atoms with van der Waals surface area (Å²) in [6.07, 6.45) is -0.240. The molecule has 0 unspecified atom stereocenters. The van der Waals surface area contributed by atoms with Crippen molar-refractivity contribution < 1.29 is 13.2 Å². The van der Waals surface area contributed by atoms with Crippen LogP contribution in [0.3, 0.4) is 0 Å². The van der Waals surface area contributed by atoms with Crippen LogP contribution in [0.4, 0.5) is 0 Å². The van der Waals surface area contributed by atoms with Gasteiger partial charge in [-0.1, -0.05) is 58.6 Å². The summed E-state index contributed by atoms with van der Waals surface area (Å²) in [5.41, 5.74) is 1.73. The lowest BCUT2D eigenvalue weighted by Crippen LogP contribution is -2.18. The lowest BCUT2D eigenvalue weighted by molar-refractivity contribution is 0.0980. The van der Waals surface area contributed by atoms with E-state index in [1.165, 1.54) is 12.1 Å². The Kier molecular flexibility index (Phi) is 6.69. The molecule has 0 aliphatic heterocycles. The third-order valence-corrected chi connectivity index (χ3v) is 7.68. The van der Waals surface area contributed by atoms with Crippen LogP contribution in [0.5, 0.6) is 0 Å². The molecular formula is C22H17Cl3O3S. The van der Waals surface area contributed by atoms with Crippen molar-refractivity contribution in [2.24, 2.45) is 0 Å². The van der Waals surface area contributed by atoms with Crippen LogP contribution < -0.4 is 0 Å². The normalized spacial score (nSPS) is 12.6. The van der Waals surface area contributed by atoms with Crippen LogP contribution in [0, 0.1) is 6.92 Å². The van der Waals surface area contributed by atoms with E-state index < -0.39 is 15.1 Å². The third-order valence-electron chi connectivity index (χ3n) is 4.58.